The van der Waals surface area contributed by atoms with Crippen LogP contribution < -0.4 is 4.74 Å². The summed E-state index contributed by atoms with van der Waals surface area (Å²) >= 11 is 5.69. The fraction of sp³-hybridized carbons (Fsp3) is 0.143. The quantitative estimate of drug-likeness (QED) is 0.603. The number of aliphatic carboxylic acids is 1. The highest BCUT2D eigenvalue weighted by atomic mass is 35.5. The number of ether oxygens (including phenoxy) is 2. The van der Waals surface area contributed by atoms with Crippen LogP contribution >= 0.6 is 22.9 Å². The smallest absolute Gasteiger partial charge is 0.428 e. The van der Waals surface area contributed by atoms with Gasteiger partial charge in [0.25, 0.3) is 5.19 Å². The van der Waals surface area contributed by atoms with Gasteiger partial charge >= 0.3 is 12.1 Å². The molecule has 24 heavy (non-hydrogen) atoms. The number of carboxylic acid groups (broad SMARTS) is 1. The van der Waals surface area contributed by atoms with Crippen molar-refractivity contribution in [1.82, 2.24) is 4.98 Å². The molecule has 1 aromatic heterocycles. The second-order valence-corrected chi connectivity index (χ2v) is 5.59. The van der Waals surface area contributed by atoms with Crippen molar-refractivity contribution in [2.45, 2.75) is 6.18 Å². The average Bonchev–Trinajstić information content (AvgIpc) is 2.86. The van der Waals surface area contributed by atoms with Gasteiger partial charge in [-0.05, 0) is 6.07 Å². The minimum atomic E-state index is -4.65. The van der Waals surface area contributed by atoms with Gasteiger partial charge in [-0.3, -0.25) is 0 Å². The summed E-state index contributed by atoms with van der Waals surface area (Å²) in [5, 5.41) is 8.13. The Morgan fingerprint density at radius 2 is 2.04 bits per heavy atom. The van der Waals surface area contributed by atoms with Gasteiger partial charge in [0.2, 0.25) is 0 Å². The SMILES string of the molecule is CO/C=C(/C(=O)O)c1ccccc1Oc1nc(Cl)c(C(F)(F)F)s1. The van der Waals surface area contributed by atoms with Crippen LogP contribution in [0.1, 0.15) is 10.4 Å². The Kier molecular flexibility index (Phi) is 5.35. The molecule has 0 spiro atoms. The lowest BCUT2D eigenvalue weighted by atomic mass is 10.1. The first-order chi connectivity index (χ1) is 11.2. The molecule has 0 aliphatic rings. The van der Waals surface area contributed by atoms with E-state index in [2.05, 4.69) is 4.98 Å². The van der Waals surface area contributed by atoms with Gasteiger partial charge in [0.15, 0.2) is 10.0 Å². The zero-order valence-electron chi connectivity index (χ0n) is 11.9. The van der Waals surface area contributed by atoms with Gasteiger partial charge in [-0.25, -0.2) is 4.79 Å². The first-order valence-corrected chi connectivity index (χ1v) is 7.40. The molecule has 0 aliphatic heterocycles. The lowest BCUT2D eigenvalue weighted by Gasteiger charge is -2.09. The van der Waals surface area contributed by atoms with Gasteiger partial charge < -0.3 is 14.6 Å². The Morgan fingerprint density at radius 1 is 1.38 bits per heavy atom. The van der Waals surface area contributed by atoms with E-state index in [1.54, 1.807) is 6.07 Å². The van der Waals surface area contributed by atoms with Crippen LogP contribution in [0.5, 0.6) is 10.9 Å². The maximum atomic E-state index is 12.7. The summed E-state index contributed by atoms with van der Waals surface area (Å²) in [6, 6.07) is 5.90. The molecule has 5 nitrogen and oxygen atoms in total. The molecular formula is C14H9ClF3NO4S. The highest BCUT2D eigenvalue weighted by Crippen LogP contribution is 2.43. The summed E-state index contributed by atoms with van der Waals surface area (Å²) < 4.78 is 48.2. The van der Waals surface area contributed by atoms with Crippen molar-refractivity contribution in [3.63, 3.8) is 0 Å². The van der Waals surface area contributed by atoms with Crippen LogP contribution in [0, 0.1) is 0 Å². The molecule has 0 unspecified atom stereocenters. The van der Waals surface area contributed by atoms with E-state index in [0.717, 1.165) is 6.26 Å². The number of hydrogen-bond donors (Lipinski definition) is 1. The summed E-state index contributed by atoms with van der Waals surface area (Å²) in [4.78, 5) is 13.7. The van der Waals surface area contributed by atoms with Crippen LogP contribution in [-0.2, 0) is 15.7 Å². The number of rotatable bonds is 5. The summed E-state index contributed by atoms with van der Waals surface area (Å²) in [7, 11) is 1.27. The van der Waals surface area contributed by atoms with Crippen LogP contribution in [0.4, 0.5) is 13.2 Å². The number of benzene rings is 1. The lowest BCUT2D eigenvalue weighted by Crippen LogP contribution is -2.02. The van der Waals surface area contributed by atoms with Crippen LogP contribution in [-0.4, -0.2) is 23.2 Å². The topological polar surface area (TPSA) is 68.7 Å². The molecule has 0 radical (unpaired) electrons. The highest BCUT2D eigenvalue weighted by Gasteiger charge is 2.37. The van der Waals surface area contributed by atoms with E-state index in [1.165, 1.54) is 25.3 Å². The van der Waals surface area contributed by atoms with Crippen LogP contribution in [0.2, 0.25) is 5.15 Å². The molecule has 0 aliphatic carbocycles. The van der Waals surface area contributed by atoms with E-state index in [1.807, 2.05) is 0 Å². The van der Waals surface area contributed by atoms with Gasteiger partial charge in [-0.1, -0.05) is 41.1 Å². The van der Waals surface area contributed by atoms with E-state index in [4.69, 9.17) is 21.1 Å². The number of nitrogens with zero attached hydrogens (tertiary/aromatic N) is 1. The third-order valence-corrected chi connectivity index (χ3v) is 4.03. The molecule has 0 amide bonds. The number of methoxy groups -OCH3 is 1. The molecule has 128 valence electrons. The van der Waals surface area contributed by atoms with Gasteiger partial charge in [-0.2, -0.15) is 18.2 Å². The number of thiazole rings is 1. The third kappa shape index (κ3) is 3.98. The summed E-state index contributed by atoms with van der Waals surface area (Å²) in [5.74, 6) is -1.29. The monoisotopic (exact) mass is 379 g/mol. The van der Waals surface area contributed by atoms with Crippen molar-refractivity contribution in [2.24, 2.45) is 0 Å². The molecular weight excluding hydrogens is 371 g/mol. The van der Waals surface area contributed by atoms with E-state index in [0.29, 0.717) is 0 Å². The van der Waals surface area contributed by atoms with Crippen LogP contribution in [0.3, 0.4) is 0 Å². The molecule has 10 heteroatoms. The second-order valence-electron chi connectivity index (χ2n) is 4.27. The lowest BCUT2D eigenvalue weighted by molar-refractivity contribution is -0.134. The van der Waals surface area contributed by atoms with Crippen LogP contribution in [0.15, 0.2) is 30.5 Å². The Bertz CT molecular complexity index is 789. The Labute approximate surface area is 142 Å². The molecule has 0 bridgehead atoms. The minimum Gasteiger partial charge on any atom is -0.503 e. The Morgan fingerprint density at radius 3 is 2.58 bits per heavy atom. The van der Waals surface area contributed by atoms with Crippen molar-refractivity contribution in [2.75, 3.05) is 7.11 Å². The van der Waals surface area contributed by atoms with Gasteiger partial charge in [0.1, 0.15) is 11.3 Å². The second kappa shape index (κ2) is 7.10. The highest BCUT2D eigenvalue weighted by molar-refractivity contribution is 7.14. The predicted molar refractivity (Wildman–Crippen MR) is 81.3 cm³/mol. The molecule has 0 saturated carbocycles. The molecule has 0 fully saturated rings. The number of halogens is 4. The maximum Gasteiger partial charge on any atom is 0.428 e. The number of carbonyl (C=O) groups is 1. The van der Waals surface area contributed by atoms with Gasteiger partial charge in [0.05, 0.1) is 13.4 Å². The molecule has 0 saturated heterocycles. The van der Waals surface area contributed by atoms with Crippen LogP contribution in [0.25, 0.3) is 5.57 Å². The fourth-order valence-corrected chi connectivity index (χ4v) is 2.76. The maximum absolute atomic E-state index is 12.7. The van der Waals surface area contributed by atoms with Crippen molar-refractivity contribution in [3.05, 3.63) is 46.1 Å². The third-order valence-electron chi connectivity index (χ3n) is 2.66. The van der Waals surface area contributed by atoms with Crippen molar-refractivity contribution in [1.29, 1.82) is 0 Å². The van der Waals surface area contributed by atoms with E-state index in [9.17, 15) is 23.1 Å². The average molecular weight is 380 g/mol. The zero-order chi connectivity index (χ0) is 17.9. The number of hydrogen-bond acceptors (Lipinski definition) is 5. The fourth-order valence-electron chi connectivity index (χ4n) is 1.72. The minimum absolute atomic E-state index is 0.00217. The first kappa shape index (κ1) is 18.1. The van der Waals surface area contributed by atoms with Gasteiger partial charge in [-0.15, -0.1) is 0 Å². The van der Waals surface area contributed by atoms with E-state index in [-0.39, 0.29) is 33.4 Å². The van der Waals surface area contributed by atoms with Crippen molar-refractivity contribution >= 4 is 34.5 Å². The first-order valence-electron chi connectivity index (χ1n) is 6.21. The van der Waals surface area contributed by atoms with E-state index >= 15 is 0 Å². The Hall–Kier alpha value is -2.26. The molecule has 2 aromatic rings. The molecule has 1 heterocycles. The zero-order valence-corrected chi connectivity index (χ0v) is 13.5. The number of aromatic nitrogens is 1. The molecule has 2 rings (SSSR count). The number of alkyl halides is 3. The molecule has 0 atom stereocenters. The summed E-state index contributed by atoms with van der Waals surface area (Å²) in [6.07, 6.45) is -3.67. The van der Waals surface area contributed by atoms with Crippen molar-refractivity contribution < 1.29 is 32.5 Å². The number of carboxylic acids is 1. The van der Waals surface area contributed by atoms with Crippen molar-refractivity contribution in [3.8, 4) is 10.9 Å². The number of para-hydroxylation sites is 1. The molecule has 1 N–H and O–H groups in total. The van der Waals surface area contributed by atoms with Gasteiger partial charge in [0, 0.05) is 5.56 Å². The largest absolute Gasteiger partial charge is 0.503 e. The van der Waals surface area contributed by atoms with E-state index < -0.39 is 22.2 Å². The normalized spacial score (nSPS) is 12.1. The summed E-state index contributed by atoms with van der Waals surface area (Å²) in [5.41, 5.74) is -0.112. The predicted octanol–water partition coefficient (Wildman–Crippen LogP) is 4.68. The molecule has 1 aromatic carbocycles. The Balaban J connectivity index is 2.42. The summed E-state index contributed by atoms with van der Waals surface area (Å²) in [6.45, 7) is 0. The standard InChI is InChI=1S/C14H9ClF3NO4S/c1-22-6-8(12(20)21)7-4-2-3-5-9(7)23-13-19-11(15)10(24-13)14(16,17)18/h2-6H,1H3,(H,20,21)/b8-6+.